The Morgan fingerprint density at radius 3 is 2.71 bits per heavy atom. The highest BCUT2D eigenvalue weighted by Crippen LogP contribution is 2.13. The minimum atomic E-state index is -0.478. The Balaban J connectivity index is 2.49. The van der Waals surface area contributed by atoms with Gasteiger partial charge in [0.15, 0.2) is 0 Å². The molecule has 0 aromatic heterocycles. The molecule has 1 aliphatic rings. The lowest BCUT2D eigenvalue weighted by Gasteiger charge is -2.26. The first kappa shape index (κ1) is 14.3. The summed E-state index contributed by atoms with van der Waals surface area (Å²) >= 11 is 0. The molecule has 0 radical (unpaired) electrons. The van der Waals surface area contributed by atoms with Crippen LogP contribution in [0.1, 0.15) is 33.6 Å². The van der Waals surface area contributed by atoms with Gasteiger partial charge in [-0.25, -0.2) is 4.79 Å². The smallest absolute Gasteiger partial charge is 0.407 e. The maximum atomic E-state index is 11.7. The third kappa shape index (κ3) is 5.37. The Morgan fingerprint density at radius 2 is 2.12 bits per heavy atom. The highest BCUT2D eigenvalue weighted by molar-refractivity contribution is 5.68. The molecule has 1 heterocycles. The van der Waals surface area contributed by atoms with Crippen molar-refractivity contribution in [1.29, 1.82) is 0 Å². The summed E-state index contributed by atoms with van der Waals surface area (Å²) in [5.41, 5.74) is -0.478. The van der Waals surface area contributed by atoms with E-state index in [0.717, 1.165) is 12.8 Å². The number of hydrogen-bond donors (Lipinski definition) is 1. The molecule has 0 spiro atoms. The van der Waals surface area contributed by atoms with Gasteiger partial charge in [0.2, 0.25) is 0 Å². The molecule has 1 aliphatic heterocycles. The molecule has 1 unspecified atom stereocenters. The quantitative estimate of drug-likeness (QED) is 0.804. The molecule has 1 N–H and O–H groups in total. The van der Waals surface area contributed by atoms with E-state index in [1.54, 1.807) is 7.11 Å². The number of ether oxygens (including phenoxy) is 3. The van der Waals surface area contributed by atoms with Gasteiger partial charge < -0.3 is 19.5 Å². The van der Waals surface area contributed by atoms with E-state index in [-0.39, 0.29) is 12.1 Å². The fraction of sp³-hybridized carbons (Fsp3) is 0.917. The number of amides is 1. The van der Waals surface area contributed by atoms with Crippen molar-refractivity contribution in [1.82, 2.24) is 5.32 Å². The summed E-state index contributed by atoms with van der Waals surface area (Å²) in [6.45, 7) is 6.76. The Labute approximate surface area is 103 Å². The Kier molecular flexibility index (Phi) is 5.21. The predicted octanol–water partition coefficient (Wildman–Crippen LogP) is 1.71. The number of rotatable bonds is 2. The molecule has 1 amide bonds. The first-order valence-corrected chi connectivity index (χ1v) is 6.02. The van der Waals surface area contributed by atoms with Gasteiger partial charge in [-0.15, -0.1) is 0 Å². The van der Waals surface area contributed by atoms with Gasteiger partial charge in [-0.2, -0.15) is 0 Å². The van der Waals surface area contributed by atoms with Gasteiger partial charge in [-0.05, 0) is 33.6 Å². The molecule has 5 nitrogen and oxygen atoms in total. The van der Waals surface area contributed by atoms with Crippen molar-refractivity contribution in [2.75, 3.05) is 20.3 Å². The van der Waals surface area contributed by atoms with E-state index in [2.05, 4.69) is 5.32 Å². The molecule has 17 heavy (non-hydrogen) atoms. The van der Waals surface area contributed by atoms with Crippen LogP contribution in [-0.2, 0) is 14.2 Å². The number of hydrogen-bond acceptors (Lipinski definition) is 4. The normalized spacial score (nSPS) is 26.1. The molecule has 1 fully saturated rings. The second-order valence-electron chi connectivity index (χ2n) is 5.24. The molecule has 0 aromatic carbocycles. The van der Waals surface area contributed by atoms with Gasteiger partial charge in [0.25, 0.3) is 0 Å². The highest BCUT2D eigenvalue weighted by Gasteiger charge is 2.27. The van der Waals surface area contributed by atoms with Crippen LogP contribution in [0.5, 0.6) is 0 Å². The van der Waals surface area contributed by atoms with Crippen LogP contribution in [0.4, 0.5) is 4.79 Å². The van der Waals surface area contributed by atoms with E-state index in [0.29, 0.717) is 13.2 Å². The standard InChI is InChI=1S/C12H23NO4/c1-12(2,3)17-11(14)13-9-6-5-7-16-8-10(9)15-4/h9-10H,5-8H2,1-4H3,(H,13,14)/t9?,10-/m1/s1. The molecule has 1 saturated heterocycles. The van der Waals surface area contributed by atoms with Crippen LogP contribution >= 0.6 is 0 Å². The average molecular weight is 245 g/mol. The fourth-order valence-electron chi connectivity index (χ4n) is 1.76. The van der Waals surface area contributed by atoms with Crippen LogP contribution in [-0.4, -0.2) is 44.2 Å². The van der Waals surface area contributed by atoms with E-state index < -0.39 is 11.7 Å². The third-order valence-corrected chi connectivity index (χ3v) is 2.54. The van der Waals surface area contributed by atoms with Crippen molar-refractivity contribution in [3.63, 3.8) is 0 Å². The fourth-order valence-corrected chi connectivity index (χ4v) is 1.76. The van der Waals surface area contributed by atoms with E-state index in [9.17, 15) is 4.79 Å². The zero-order valence-corrected chi connectivity index (χ0v) is 11.1. The Hall–Kier alpha value is -0.810. The topological polar surface area (TPSA) is 56.8 Å². The monoisotopic (exact) mass is 245 g/mol. The van der Waals surface area contributed by atoms with Crippen LogP contribution < -0.4 is 5.32 Å². The van der Waals surface area contributed by atoms with E-state index in [1.165, 1.54) is 0 Å². The molecule has 0 aliphatic carbocycles. The van der Waals surface area contributed by atoms with Gasteiger partial charge in [-0.3, -0.25) is 0 Å². The second-order valence-corrected chi connectivity index (χ2v) is 5.24. The zero-order chi connectivity index (χ0) is 12.9. The van der Waals surface area contributed by atoms with Crippen LogP contribution in [0.2, 0.25) is 0 Å². The van der Waals surface area contributed by atoms with Gasteiger partial charge in [0, 0.05) is 13.7 Å². The van der Waals surface area contributed by atoms with Crippen LogP contribution in [0.3, 0.4) is 0 Å². The van der Waals surface area contributed by atoms with Crippen molar-refractivity contribution >= 4 is 6.09 Å². The third-order valence-electron chi connectivity index (χ3n) is 2.54. The maximum absolute atomic E-state index is 11.7. The minimum Gasteiger partial charge on any atom is -0.444 e. The number of methoxy groups -OCH3 is 1. The summed E-state index contributed by atoms with van der Waals surface area (Å²) in [6, 6.07) is -0.0441. The molecule has 1 rings (SSSR count). The van der Waals surface area contributed by atoms with Crippen molar-refractivity contribution in [3.8, 4) is 0 Å². The molecule has 0 aromatic rings. The lowest BCUT2D eigenvalue weighted by atomic mass is 10.1. The van der Waals surface area contributed by atoms with Crippen molar-refractivity contribution in [2.24, 2.45) is 0 Å². The molecular formula is C12H23NO4. The molecule has 100 valence electrons. The lowest BCUT2D eigenvalue weighted by molar-refractivity contribution is 0.000244. The summed E-state index contributed by atoms with van der Waals surface area (Å²) in [6.07, 6.45) is 1.26. The molecule has 5 heteroatoms. The van der Waals surface area contributed by atoms with Crippen LogP contribution in [0.15, 0.2) is 0 Å². The van der Waals surface area contributed by atoms with E-state index >= 15 is 0 Å². The van der Waals surface area contributed by atoms with Crippen LogP contribution in [0, 0.1) is 0 Å². The summed E-state index contributed by atoms with van der Waals surface area (Å²) in [5.74, 6) is 0. The first-order chi connectivity index (χ1) is 7.92. The number of alkyl carbamates (subject to hydrolysis) is 1. The second kappa shape index (κ2) is 6.21. The van der Waals surface area contributed by atoms with Crippen molar-refractivity contribution < 1.29 is 19.0 Å². The van der Waals surface area contributed by atoms with Gasteiger partial charge >= 0.3 is 6.09 Å². The first-order valence-electron chi connectivity index (χ1n) is 6.02. The molecule has 0 saturated carbocycles. The number of carbonyl (C=O) groups is 1. The van der Waals surface area contributed by atoms with Gasteiger partial charge in [-0.1, -0.05) is 0 Å². The van der Waals surface area contributed by atoms with Crippen molar-refractivity contribution in [2.45, 2.75) is 51.4 Å². The minimum absolute atomic E-state index is 0.0441. The molecular weight excluding hydrogens is 222 g/mol. The van der Waals surface area contributed by atoms with Gasteiger partial charge in [0.1, 0.15) is 11.7 Å². The summed E-state index contributed by atoms with van der Waals surface area (Å²) < 4.78 is 15.9. The maximum Gasteiger partial charge on any atom is 0.407 e. The lowest BCUT2D eigenvalue weighted by Crippen LogP contribution is -2.46. The summed E-state index contributed by atoms with van der Waals surface area (Å²) in [4.78, 5) is 11.7. The number of nitrogens with one attached hydrogen (secondary N) is 1. The van der Waals surface area contributed by atoms with E-state index in [1.807, 2.05) is 20.8 Å². The van der Waals surface area contributed by atoms with Crippen LogP contribution in [0.25, 0.3) is 0 Å². The summed E-state index contributed by atoms with van der Waals surface area (Å²) in [7, 11) is 1.63. The predicted molar refractivity (Wildman–Crippen MR) is 64.0 cm³/mol. The largest absolute Gasteiger partial charge is 0.444 e. The summed E-state index contributed by atoms with van der Waals surface area (Å²) in [5, 5.41) is 2.85. The Morgan fingerprint density at radius 1 is 1.41 bits per heavy atom. The van der Waals surface area contributed by atoms with Crippen molar-refractivity contribution in [3.05, 3.63) is 0 Å². The van der Waals surface area contributed by atoms with E-state index in [4.69, 9.17) is 14.2 Å². The van der Waals surface area contributed by atoms with Gasteiger partial charge in [0.05, 0.1) is 12.6 Å². The highest BCUT2D eigenvalue weighted by atomic mass is 16.6. The zero-order valence-electron chi connectivity index (χ0n) is 11.1. The Bertz CT molecular complexity index is 249. The average Bonchev–Trinajstić information content (AvgIpc) is 2.39. The molecule has 2 atom stereocenters. The SMILES string of the molecule is CO[C@@H]1COCCCC1NC(=O)OC(C)(C)C. The molecule has 0 bridgehead atoms. The number of carbonyl (C=O) groups excluding carboxylic acids is 1.